The number of nitrogens with two attached hydrogens (primary N) is 1. The molecule has 0 amide bonds. The van der Waals surface area contributed by atoms with Crippen LogP contribution in [-0.4, -0.2) is 43.5 Å². The SMILES string of the molecule is COCCOCCCOc1cc(C(N)=S)ccn1. The Morgan fingerprint density at radius 2 is 2.17 bits per heavy atom. The molecular formula is C12H18N2O3S. The first-order valence-electron chi connectivity index (χ1n) is 5.69. The van der Waals surface area contributed by atoms with Gasteiger partial charge in [-0.05, 0) is 6.07 Å². The van der Waals surface area contributed by atoms with E-state index in [0.29, 0.717) is 37.3 Å². The smallest absolute Gasteiger partial charge is 0.213 e. The summed E-state index contributed by atoms with van der Waals surface area (Å²) in [6.07, 6.45) is 2.42. The van der Waals surface area contributed by atoms with E-state index in [2.05, 4.69) is 4.98 Å². The Labute approximate surface area is 112 Å². The molecule has 0 aliphatic rings. The number of methoxy groups -OCH3 is 1. The second kappa shape index (κ2) is 8.79. The standard InChI is InChI=1S/C12H18N2O3S/c1-15-7-8-16-5-2-6-17-11-9-10(12(13)18)3-4-14-11/h3-4,9H,2,5-8H2,1H3,(H2,13,18). The Bertz CT molecular complexity index is 374. The number of hydrogen-bond acceptors (Lipinski definition) is 5. The fourth-order valence-corrected chi connectivity index (χ4v) is 1.35. The van der Waals surface area contributed by atoms with Gasteiger partial charge in [-0.15, -0.1) is 0 Å². The maximum atomic E-state index is 5.52. The van der Waals surface area contributed by atoms with Crippen molar-refractivity contribution in [3.63, 3.8) is 0 Å². The molecule has 18 heavy (non-hydrogen) atoms. The van der Waals surface area contributed by atoms with Gasteiger partial charge in [-0.2, -0.15) is 0 Å². The van der Waals surface area contributed by atoms with Crippen molar-refractivity contribution in [2.45, 2.75) is 6.42 Å². The predicted molar refractivity (Wildman–Crippen MR) is 72.9 cm³/mol. The fraction of sp³-hybridized carbons (Fsp3) is 0.500. The van der Waals surface area contributed by atoms with Crippen molar-refractivity contribution >= 4 is 17.2 Å². The van der Waals surface area contributed by atoms with Crippen molar-refractivity contribution in [2.24, 2.45) is 5.73 Å². The van der Waals surface area contributed by atoms with E-state index in [1.54, 1.807) is 25.4 Å². The van der Waals surface area contributed by atoms with Gasteiger partial charge in [0, 0.05) is 38.0 Å². The van der Waals surface area contributed by atoms with Crippen molar-refractivity contribution in [1.82, 2.24) is 4.98 Å². The van der Waals surface area contributed by atoms with Crippen LogP contribution in [0.15, 0.2) is 18.3 Å². The number of pyridine rings is 1. The third-order valence-corrected chi connectivity index (χ3v) is 2.37. The molecule has 0 saturated heterocycles. The second-order valence-electron chi connectivity index (χ2n) is 3.55. The molecule has 1 rings (SSSR count). The minimum atomic E-state index is 0.338. The molecular weight excluding hydrogens is 252 g/mol. The maximum Gasteiger partial charge on any atom is 0.213 e. The quantitative estimate of drug-likeness (QED) is 0.536. The molecule has 0 aliphatic heterocycles. The highest BCUT2D eigenvalue weighted by Gasteiger charge is 2.00. The third kappa shape index (κ3) is 5.90. The van der Waals surface area contributed by atoms with Gasteiger partial charge in [-0.1, -0.05) is 12.2 Å². The largest absolute Gasteiger partial charge is 0.478 e. The lowest BCUT2D eigenvalue weighted by atomic mass is 10.3. The zero-order valence-corrected chi connectivity index (χ0v) is 11.2. The summed E-state index contributed by atoms with van der Waals surface area (Å²) in [5, 5.41) is 0. The number of rotatable bonds is 9. The monoisotopic (exact) mass is 270 g/mol. The number of aromatic nitrogens is 1. The molecule has 2 N–H and O–H groups in total. The molecule has 1 aromatic rings. The van der Waals surface area contributed by atoms with E-state index in [4.69, 9.17) is 32.2 Å². The van der Waals surface area contributed by atoms with Gasteiger partial charge in [0.1, 0.15) is 4.99 Å². The van der Waals surface area contributed by atoms with Gasteiger partial charge in [0.2, 0.25) is 5.88 Å². The van der Waals surface area contributed by atoms with Crippen LogP contribution in [-0.2, 0) is 9.47 Å². The molecule has 0 fully saturated rings. The average molecular weight is 270 g/mol. The van der Waals surface area contributed by atoms with Crippen LogP contribution in [0.4, 0.5) is 0 Å². The van der Waals surface area contributed by atoms with E-state index in [0.717, 1.165) is 12.0 Å². The minimum Gasteiger partial charge on any atom is -0.478 e. The highest BCUT2D eigenvalue weighted by atomic mass is 32.1. The number of thiocarbonyl (C=S) groups is 1. The molecule has 0 spiro atoms. The molecule has 0 radical (unpaired) electrons. The maximum absolute atomic E-state index is 5.52. The van der Waals surface area contributed by atoms with Crippen LogP contribution in [0.25, 0.3) is 0 Å². The van der Waals surface area contributed by atoms with Crippen molar-refractivity contribution in [3.8, 4) is 5.88 Å². The first-order chi connectivity index (χ1) is 8.74. The summed E-state index contributed by atoms with van der Waals surface area (Å²) in [5.74, 6) is 0.525. The molecule has 0 saturated carbocycles. The highest BCUT2D eigenvalue weighted by molar-refractivity contribution is 7.80. The lowest BCUT2D eigenvalue weighted by molar-refractivity contribution is 0.0642. The van der Waals surface area contributed by atoms with E-state index in [1.165, 1.54) is 0 Å². The summed E-state index contributed by atoms with van der Waals surface area (Å²) < 4.78 is 15.6. The van der Waals surface area contributed by atoms with E-state index in [9.17, 15) is 0 Å². The van der Waals surface area contributed by atoms with Crippen LogP contribution in [0.2, 0.25) is 0 Å². The Morgan fingerprint density at radius 1 is 1.33 bits per heavy atom. The molecule has 0 unspecified atom stereocenters. The topological polar surface area (TPSA) is 66.6 Å². The van der Waals surface area contributed by atoms with Crippen LogP contribution in [0.5, 0.6) is 5.88 Å². The predicted octanol–water partition coefficient (Wildman–Crippen LogP) is 1.15. The van der Waals surface area contributed by atoms with Crippen LogP contribution < -0.4 is 10.5 Å². The summed E-state index contributed by atoms with van der Waals surface area (Å²) in [7, 11) is 1.65. The summed E-state index contributed by atoms with van der Waals surface area (Å²) >= 11 is 4.88. The molecule has 1 aromatic heterocycles. The number of hydrogen-bond donors (Lipinski definition) is 1. The first kappa shape index (κ1) is 14.8. The van der Waals surface area contributed by atoms with E-state index in [1.807, 2.05) is 0 Å². The Balaban J connectivity index is 2.19. The van der Waals surface area contributed by atoms with Gasteiger partial charge in [0.05, 0.1) is 19.8 Å². The van der Waals surface area contributed by atoms with Gasteiger partial charge in [0.15, 0.2) is 0 Å². The minimum absolute atomic E-state index is 0.338. The van der Waals surface area contributed by atoms with Gasteiger partial charge in [0.25, 0.3) is 0 Å². The summed E-state index contributed by atoms with van der Waals surface area (Å²) in [6.45, 7) is 2.39. The molecule has 0 atom stereocenters. The lowest BCUT2D eigenvalue weighted by Gasteiger charge is -2.07. The Morgan fingerprint density at radius 3 is 2.89 bits per heavy atom. The van der Waals surface area contributed by atoms with E-state index in [-0.39, 0.29) is 0 Å². The molecule has 1 heterocycles. The van der Waals surface area contributed by atoms with Gasteiger partial charge >= 0.3 is 0 Å². The zero-order valence-electron chi connectivity index (χ0n) is 10.4. The first-order valence-corrected chi connectivity index (χ1v) is 6.10. The Hall–Kier alpha value is -1.24. The third-order valence-electron chi connectivity index (χ3n) is 2.13. The van der Waals surface area contributed by atoms with Crippen LogP contribution >= 0.6 is 12.2 Å². The average Bonchev–Trinajstić information content (AvgIpc) is 2.38. The normalized spacial score (nSPS) is 10.3. The van der Waals surface area contributed by atoms with E-state index >= 15 is 0 Å². The number of nitrogens with zero attached hydrogens (tertiary/aromatic N) is 1. The molecule has 0 aromatic carbocycles. The highest BCUT2D eigenvalue weighted by Crippen LogP contribution is 2.09. The fourth-order valence-electron chi connectivity index (χ4n) is 1.22. The second-order valence-corrected chi connectivity index (χ2v) is 3.99. The molecule has 6 heteroatoms. The van der Waals surface area contributed by atoms with Gasteiger partial charge in [-0.25, -0.2) is 4.98 Å². The van der Waals surface area contributed by atoms with Crippen molar-refractivity contribution in [3.05, 3.63) is 23.9 Å². The lowest BCUT2D eigenvalue weighted by Crippen LogP contribution is -2.10. The van der Waals surface area contributed by atoms with Crippen LogP contribution in [0.1, 0.15) is 12.0 Å². The number of ether oxygens (including phenoxy) is 3. The Kier molecular flexibility index (Phi) is 7.24. The summed E-state index contributed by atoms with van der Waals surface area (Å²) in [5.41, 5.74) is 6.28. The van der Waals surface area contributed by atoms with E-state index < -0.39 is 0 Å². The molecule has 0 bridgehead atoms. The van der Waals surface area contributed by atoms with Crippen molar-refractivity contribution in [1.29, 1.82) is 0 Å². The van der Waals surface area contributed by atoms with Gasteiger partial charge < -0.3 is 19.9 Å². The van der Waals surface area contributed by atoms with Crippen molar-refractivity contribution < 1.29 is 14.2 Å². The van der Waals surface area contributed by atoms with Crippen LogP contribution in [0, 0.1) is 0 Å². The summed E-state index contributed by atoms with van der Waals surface area (Å²) in [6, 6.07) is 3.48. The van der Waals surface area contributed by atoms with Crippen LogP contribution in [0.3, 0.4) is 0 Å². The molecule has 100 valence electrons. The van der Waals surface area contributed by atoms with Gasteiger partial charge in [-0.3, -0.25) is 0 Å². The molecule has 5 nitrogen and oxygen atoms in total. The summed E-state index contributed by atoms with van der Waals surface area (Å²) in [4.78, 5) is 4.41. The molecule has 0 aliphatic carbocycles. The zero-order chi connectivity index (χ0) is 13.2. The van der Waals surface area contributed by atoms with Crippen molar-refractivity contribution in [2.75, 3.05) is 33.5 Å².